The highest BCUT2D eigenvalue weighted by molar-refractivity contribution is 5.15. The predicted octanol–water partition coefficient (Wildman–Crippen LogP) is 5.85. The van der Waals surface area contributed by atoms with Gasteiger partial charge in [0.25, 0.3) is 0 Å². The summed E-state index contributed by atoms with van der Waals surface area (Å²) in [6, 6.07) is 2.01. The predicted molar refractivity (Wildman–Crippen MR) is 117 cm³/mol. The van der Waals surface area contributed by atoms with E-state index in [1.54, 1.807) is 0 Å². The van der Waals surface area contributed by atoms with Crippen molar-refractivity contribution in [2.75, 3.05) is 0 Å². The maximum atomic E-state index is 10.9. The van der Waals surface area contributed by atoms with Crippen LogP contribution >= 0.6 is 0 Å². The molecular formula is C26H40N2O. The summed E-state index contributed by atoms with van der Waals surface area (Å²) in [5, 5.41) is 15.3. The molecule has 3 nitrogen and oxygen atoms in total. The van der Waals surface area contributed by atoms with Gasteiger partial charge < -0.3 is 5.11 Å². The molecule has 1 aromatic heterocycles. The van der Waals surface area contributed by atoms with Crippen molar-refractivity contribution in [3.63, 3.8) is 0 Å². The smallest absolute Gasteiger partial charge is 0.0648 e. The molecule has 29 heavy (non-hydrogen) atoms. The Labute approximate surface area is 177 Å². The highest BCUT2D eigenvalue weighted by atomic mass is 16.3. The van der Waals surface area contributed by atoms with E-state index in [1.165, 1.54) is 50.5 Å². The van der Waals surface area contributed by atoms with Gasteiger partial charge >= 0.3 is 0 Å². The fourth-order valence-electron chi connectivity index (χ4n) is 8.67. The van der Waals surface area contributed by atoms with Gasteiger partial charge in [0.1, 0.15) is 0 Å². The van der Waals surface area contributed by atoms with Gasteiger partial charge in [0.15, 0.2) is 0 Å². The second-order valence-electron chi connectivity index (χ2n) is 11.3. The average molecular weight is 397 g/mol. The normalized spacial score (nSPS) is 46.6. The Balaban J connectivity index is 1.31. The van der Waals surface area contributed by atoms with Gasteiger partial charge in [0.2, 0.25) is 0 Å². The standard InChI is InChI=1S/C26H40N2O/c1-4-26(29)13-11-20-19(16-26)6-7-22-21(20)10-12-25(3)23(8-9-24(22)25)18(2)17-28-15-5-14-27-28/h5,14-15,19-24,29H,2,4,6-13,16-17H2,1,3H3/t19-,20-,21+,22+,23+,24-,25+,26+/m0/s1. The molecule has 0 aromatic carbocycles. The van der Waals surface area contributed by atoms with Gasteiger partial charge in [0.05, 0.1) is 12.1 Å². The molecule has 0 bridgehead atoms. The molecule has 0 saturated heterocycles. The molecule has 4 aliphatic rings. The second kappa shape index (κ2) is 7.25. The van der Waals surface area contributed by atoms with Crippen molar-refractivity contribution >= 4 is 0 Å². The van der Waals surface area contributed by atoms with Crippen LogP contribution < -0.4 is 0 Å². The molecule has 0 radical (unpaired) electrons. The number of fused-ring (bicyclic) bond motifs is 5. The first-order chi connectivity index (χ1) is 13.9. The third kappa shape index (κ3) is 3.23. The lowest BCUT2D eigenvalue weighted by Gasteiger charge is -2.57. The van der Waals surface area contributed by atoms with Crippen LogP contribution in [0, 0.1) is 40.9 Å². The van der Waals surface area contributed by atoms with Gasteiger partial charge in [-0.25, -0.2) is 0 Å². The van der Waals surface area contributed by atoms with Crippen LogP contribution in [0.3, 0.4) is 0 Å². The fourth-order valence-corrected chi connectivity index (χ4v) is 8.67. The molecule has 1 heterocycles. The lowest BCUT2D eigenvalue weighted by atomic mass is 9.48. The van der Waals surface area contributed by atoms with Crippen LogP contribution in [-0.2, 0) is 6.54 Å². The second-order valence-corrected chi connectivity index (χ2v) is 11.3. The van der Waals surface area contributed by atoms with E-state index in [0.717, 1.165) is 55.4 Å². The molecular weight excluding hydrogens is 356 g/mol. The zero-order valence-electron chi connectivity index (χ0n) is 18.5. The topological polar surface area (TPSA) is 38.0 Å². The van der Waals surface area contributed by atoms with E-state index in [4.69, 9.17) is 0 Å². The summed E-state index contributed by atoms with van der Waals surface area (Å²) in [5.41, 5.74) is 1.48. The van der Waals surface area contributed by atoms with Crippen molar-refractivity contribution in [3.8, 4) is 0 Å². The molecule has 160 valence electrons. The Morgan fingerprint density at radius 3 is 2.69 bits per heavy atom. The molecule has 5 rings (SSSR count). The molecule has 0 aliphatic heterocycles. The van der Waals surface area contributed by atoms with Crippen LogP contribution in [0.5, 0.6) is 0 Å². The molecule has 8 atom stereocenters. The molecule has 4 fully saturated rings. The highest BCUT2D eigenvalue weighted by Gasteiger charge is 2.57. The van der Waals surface area contributed by atoms with Crippen LogP contribution in [0.15, 0.2) is 30.6 Å². The Morgan fingerprint density at radius 2 is 1.93 bits per heavy atom. The summed E-state index contributed by atoms with van der Waals surface area (Å²) in [7, 11) is 0. The van der Waals surface area contributed by atoms with Crippen molar-refractivity contribution in [2.45, 2.75) is 90.2 Å². The van der Waals surface area contributed by atoms with Gasteiger partial charge in [-0.05, 0) is 111 Å². The number of hydrogen-bond acceptors (Lipinski definition) is 2. The van der Waals surface area contributed by atoms with Gasteiger partial charge in [-0.15, -0.1) is 0 Å². The van der Waals surface area contributed by atoms with Gasteiger partial charge in [-0.1, -0.05) is 26.0 Å². The van der Waals surface area contributed by atoms with Crippen molar-refractivity contribution in [2.24, 2.45) is 40.9 Å². The first-order valence-electron chi connectivity index (χ1n) is 12.3. The Kier molecular flexibility index (Phi) is 4.96. The molecule has 3 heteroatoms. The van der Waals surface area contributed by atoms with E-state index in [0.29, 0.717) is 11.3 Å². The molecule has 0 spiro atoms. The van der Waals surface area contributed by atoms with E-state index in [-0.39, 0.29) is 5.60 Å². The molecule has 0 unspecified atom stereocenters. The number of aromatic nitrogens is 2. The van der Waals surface area contributed by atoms with Crippen molar-refractivity contribution < 1.29 is 5.11 Å². The monoisotopic (exact) mass is 396 g/mol. The molecule has 4 aliphatic carbocycles. The van der Waals surface area contributed by atoms with Gasteiger partial charge in [0, 0.05) is 12.4 Å². The van der Waals surface area contributed by atoms with E-state index in [1.807, 2.05) is 16.9 Å². The first kappa shape index (κ1) is 19.8. The quantitative estimate of drug-likeness (QED) is 0.648. The van der Waals surface area contributed by atoms with E-state index < -0.39 is 0 Å². The zero-order valence-corrected chi connectivity index (χ0v) is 18.5. The molecule has 1 aromatic rings. The number of nitrogens with zero attached hydrogens (tertiary/aromatic N) is 2. The van der Waals surface area contributed by atoms with Crippen molar-refractivity contribution in [1.82, 2.24) is 9.78 Å². The van der Waals surface area contributed by atoms with Crippen LogP contribution in [0.4, 0.5) is 0 Å². The fraction of sp³-hybridized carbons (Fsp3) is 0.808. The van der Waals surface area contributed by atoms with Crippen LogP contribution in [0.1, 0.15) is 78.1 Å². The zero-order chi connectivity index (χ0) is 20.2. The molecule has 0 amide bonds. The first-order valence-corrected chi connectivity index (χ1v) is 12.3. The lowest BCUT2D eigenvalue weighted by Crippen LogP contribution is -2.51. The summed E-state index contributed by atoms with van der Waals surface area (Å²) in [6.07, 6.45) is 16.5. The van der Waals surface area contributed by atoms with Gasteiger partial charge in [-0.3, -0.25) is 4.68 Å². The van der Waals surface area contributed by atoms with Crippen LogP contribution in [0.25, 0.3) is 0 Å². The summed E-state index contributed by atoms with van der Waals surface area (Å²) < 4.78 is 2.05. The van der Waals surface area contributed by atoms with E-state index in [9.17, 15) is 5.11 Å². The van der Waals surface area contributed by atoms with Crippen LogP contribution in [0.2, 0.25) is 0 Å². The minimum absolute atomic E-state index is 0.361. The third-order valence-electron chi connectivity index (χ3n) is 10.2. The van der Waals surface area contributed by atoms with Crippen molar-refractivity contribution in [3.05, 3.63) is 30.6 Å². The highest BCUT2D eigenvalue weighted by Crippen LogP contribution is 2.65. The lowest BCUT2D eigenvalue weighted by molar-refractivity contribution is -0.105. The van der Waals surface area contributed by atoms with Crippen molar-refractivity contribution in [1.29, 1.82) is 0 Å². The number of aliphatic hydroxyl groups is 1. The van der Waals surface area contributed by atoms with Gasteiger partial charge in [-0.2, -0.15) is 5.10 Å². The third-order valence-corrected chi connectivity index (χ3v) is 10.2. The van der Waals surface area contributed by atoms with Crippen LogP contribution in [-0.4, -0.2) is 20.5 Å². The average Bonchev–Trinajstić information content (AvgIpc) is 3.34. The Morgan fingerprint density at radius 1 is 1.10 bits per heavy atom. The summed E-state index contributed by atoms with van der Waals surface area (Å²) in [5.74, 6) is 5.06. The SMILES string of the molecule is C=C(Cn1cccn1)[C@H]1CC[C@H]2[C@@H]3CC[C@H]4C[C@@](O)(CC)CC[C@@H]4[C@H]3CC[C@]12C. The largest absolute Gasteiger partial charge is 0.390 e. The summed E-state index contributed by atoms with van der Waals surface area (Å²) in [6.45, 7) is 10.2. The minimum atomic E-state index is -0.361. The Bertz CT molecular complexity index is 742. The number of rotatable bonds is 4. The Hall–Kier alpha value is -1.09. The maximum absolute atomic E-state index is 10.9. The summed E-state index contributed by atoms with van der Waals surface area (Å²) >= 11 is 0. The molecule has 4 saturated carbocycles. The van der Waals surface area contributed by atoms with E-state index >= 15 is 0 Å². The minimum Gasteiger partial charge on any atom is -0.390 e. The number of allylic oxidation sites excluding steroid dienone is 1. The number of hydrogen-bond donors (Lipinski definition) is 1. The summed E-state index contributed by atoms with van der Waals surface area (Å²) in [4.78, 5) is 0. The molecule has 1 N–H and O–H groups in total. The van der Waals surface area contributed by atoms with E-state index in [2.05, 4.69) is 31.7 Å². The maximum Gasteiger partial charge on any atom is 0.0648 e.